The first-order valence-electron chi connectivity index (χ1n) is 24.2. The van der Waals surface area contributed by atoms with Gasteiger partial charge in [-0.15, -0.1) is 0 Å². The standard InChI is InChI=1S/C65H54O8S/c1-42-13-16-45(17-14-42)61(66)47-22-30-54(31-23-47)72-56-34-26-50(27-35-56)64(3,4)52-10-8-11-53(41-52)65(5,6)51-28-36-57(37-29-51)73-55-32-24-48(25-33-55)62(67)46-20-18-44(19-21-46)59-38-15-43(2)39-60(59)63(68)49-9-7-12-58(40-49)74(69,70)71/h7-41H,1-6H3,(H,69,70,71). The first-order chi connectivity index (χ1) is 35.3. The SMILES string of the molecule is Cc1ccc(C(=O)c2ccc(Oc3ccc(C(C)(C)c4cccc(C(C)(C)c5ccc(Oc6ccc(C(=O)c7ccc(-c8ccc(C)cc8C(=O)c8cccc(S(=O)(=O)O)c8)cc7)cc6)cc5)c4)cc3)cc2)cc1. The molecule has 0 radical (unpaired) electrons. The Labute approximate surface area is 432 Å². The van der Waals surface area contributed by atoms with Gasteiger partial charge in [0.05, 0.1) is 4.90 Å². The molecule has 0 spiro atoms. The molecule has 0 bridgehead atoms. The Morgan fingerprint density at radius 3 is 1.23 bits per heavy atom. The molecule has 0 aliphatic heterocycles. The summed E-state index contributed by atoms with van der Waals surface area (Å²) >= 11 is 0. The van der Waals surface area contributed by atoms with Gasteiger partial charge in [0, 0.05) is 44.2 Å². The Kier molecular flexibility index (Phi) is 14.0. The van der Waals surface area contributed by atoms with Gasteiger partial charge in [-0.25, -0.2) is 0 Å². The van der Waals surface area contributed by atoms with Gasteiger partial charge in [0.2, 0.25) is 0 Å². The van der Waals surface area contributed by atoms with Gasteiger partial charge in [-0.1, -0.05) is 160 Å². The summed E-state index contributed by atoms with van der Waals surface area (Å²) in [6, 6.07) is 64.5. The fourth-order valence-corrected chi connectivity index (χ4v) is 9.55. The van der Waals surface area contributed by atoms with E-state index < -0.39 is 15.9 Å². The minimum Gasteiger partial charge on any atom is -0.457 e. The molecule has 0 aromatic heterocycles. The maximum atomic E-state index is 13.7. The first kappa shape index (κ1) is 50.4. The summed E-state index contributed by atoms with van der Waals surface area (Å²) in [4.78, 5) is 39.9. The van der Waals surface area contributed by atoms with Crippen molar-refractivity contribution in [2.75, 3.05) is 0 Å². The molecular formula is C65H54O8S. The van der Waals surface area contributed by atoms with Crippen molar-refractivity contribution in [2.45, 2.75) is 57.3 Å². The van der Waals surface area contributed by atoms with Crippen molar-refractivity contribution in [3.8, 4) is 34.1 Å². The maximum Gasteiger partial charge on any atom is 0.294 e. The highest BCUT2D eigenvalue weighted by atomic mass is 32.2. The van der Waals surface area contributed by atoms with Crippen molar-refractivity contribution >= 4 is 27.5 Å². The molecule has 9 heteroatoms. The Morgan fingerprint density at radius 2 is 0.784 bits per heavy atom. The van der Waals surface area contributed by atoms with Crippen molar-refractivity contribution < 1.29 is 36.8 Å². The Morgan fingerprint density at radius 1 is 0.392 bits per heavy atom. The Balaban J connectivity index is 0.821. The van der Waals surface area contributed by atoms with Crippen LogP contribution in [0.3, 0.4) is 0 Å². The average Bonchev–Trinajstić information content (AvgIpc) is 3.41. The summed E-state index contributed by atoms with van der Waals surface area (Å²) in [7, 11) is -4.50. The molecule has 0 saturated carbocycles. The summed E-state index contributed by atoms with van der Waals surface area (Å²) in [6.45, 7) is 12.7. The highest BCUT2D eigenvalue weighted by Gasteiger charge is 2.28. The number of hydrogen-bond acceptors (Lipinski definition) is 7. The van der Waals surface area contributed by atoms with Crippen LogP contribution in [0.5, 0.6) is 23.0 Å². The number of hydrogen-bond donors (Lipinski definition) is 1. The molecule has 368 valence electrons. The van der Waals surface area contributed by atoms with Crippen LogP contribution in [0.15, 0.2) is 217 Å². The molecule has 1 N–H and O–H groups in total. The predicted molar refractivity (Wildman–Crippen MR) is 291 cm³/mol. The molecule has 9 rings (SSSR count). The van der Waals surface area contributed by atoms with E-state index in [9.17, 15) is 27.4 Å². The third-order valence-corrected chi connectivity index (χ3v) is 14.6. The van der Waals surface area contributed by atoms with Crippen LogP contribution < -0.4 is 9.47 Å². The average molecular weight is 995 g/mol. The van der Waals surface area contributed by atoms with Gasteiger partial charge in [0.1, 0.15) is 23.0 Å². The van der Waals surface area contributed by atoms with E-state index in [0.717, 1.165) is 28.3 Å². The smallest absolute Gasteiger partial charge is 0.294 e. The molecule has 0 heterocycles. The van der Waals surface area contributed by atoms with E-state index in [1.54, 1.807) is 66.7 Å². The van der Waals surface area contributed by atoms with Crippen LogP contribution in [0, 0.1) is 13.8 Å². The lowest BCUT2D eigenvalue weighted by molar-refractivity contribution is 0.103. The number of aryl methyl sites for hydroxylation is 2. The largest absolute Gasteiger partial charge is 0.457 e. The second-order valence-corrected chi connectivity index (χ2v) is 21.0. The first-order valence-corrected chi connectivity index (χ1v) is 25.6. The van der Waals surface area contributed by atoms with E-state index >= 15 is 0 Å². The van der Waals surface area contributed by atoms with Crippen LogP contribution >= 0.6 is 0 Å². The molecule has 0 saturated heterocycles. The number of rotatable bonds is 16. The van der Waals surface area contributed by atoms with Crippen LogP contribution in [0.1, 0.15) is 109 Å². The van der Waals surface area contributed by atoms with Crippen molar-refractivity contribution in [2.24, 2.45) is 0 Å². The molecule has 0 aliphatic carbocycles. The van der Waals surface area contributed by atoms with Gasteiger partial charge in [0.15, 0.2) is 17.3 Å². The monoisotopic (exact) mass is 994 g/mol. The summed E-state index contributed by atoms with van der Waals surface area (Å²) in [5.41, 5.74) is 9.93. The van der Waals surface area contributed by atoms with E-state index in [1.165, 1.54) is 29.3 Å². The lowest BCUT2D eigenvalue weighted by atomic mass is 9.73. The Bertz CT molecular complexity index is 3650. The van der Waals surface area contributed by atoms with Crippen LogP contribution in [0.25, 0.3) is 11.1 Å². The number of ketones is 3. The van der Waals surface area contributed by atoms with Crippen molar-refractivity contribution in [1.82, 2.24) is 0 Å². The lowest BCUT2D eigenvalue weighted by Gasteiger charge is -2.31. The summed E-state index contributed by atoms with van der Waals surface area (Å²) in [5.74, 6) is 1.99. The third-order valence-electron chi connectivity index (χ3n) is 13.7. The van der Waals surface area contributed by atoms with Gasteiger partial charge in [-0.05, 0) is 138 Å². The Hall–Kier alpha value is -8.50. The van der Waals surface area contributed by atoms with E-state index in [1.807, 2.05) is 86.6 Å². The quantitative estimate of drug-likeness (QED) is 0.0750. The summed E-state index contributed by atoms with van der Waals surface area (Å²) in [5, 5.41) is 0. The molecule has 0 atom stereocenters. The zero-order chi connectivity index (χ0) is 52.4. The normalized spacial score (nSPS) is 11.7. The molecule has 0 unspecified atom stereocenters. The highest BCUT2D eigenvalue weighted by molar-refractivity contribution is 7.85. The zero-order valence-corrected chi connectivity index (χ0v) is 42.7. The number of carbonyl (C=O) groups excluding carboxylic acids is 3. The van der Waals surface area contributed by atoms with Gasteiger partial charge < -0.3 is 9.47 Å². The lowest BCUT2D eigenvalue weighted by Crippen LogP contribution is -2.22. The molecule has 9 aromatic carbocycles. The molecule has 74 heavy (non-hydrogen) atoms. The topological polar surface area (TPSA) is 124 Å². The second kappa shape index (κ2) is 20.5. The van der Waals surface area contributed by atoms with Crippen LogP contribution in [0.4, 0.5) is 0 Å². The number of carbonyl (C=O) groups is 3. The van der Waals surface area contributed by atoms with E-state index in [4.69, 9.17) is 9.47 Å². The number of ether oxygens (including phenoxy) is 2. The molecule has 0 fully saturated rings. The molecule has 9 aromatic rings. The van der Waals surface area contributed by atoms with E-state index in [0.29, 0.717) is 61.9 Å². The highest BCUT2D eigenvalue weighted by Crippen LogP contribution is 2.39. The van der Waals surface area contributed by atoms with E-state index in [-0.39, 0.29) is 32.9 Å². The van der Waals surface area contributed by atoms with Gasteiger partial charge in [-0.3, -0.25) is 18.9 Å². The summed E-state index contributed by atoms with van der Waals surface area (Å²) < 4.78 is 45.5. The molecular weight excluding hydrogens is 941 g/mol. The van der Waals surface area contributed by atoms with Gasteiger partial charge in [-0.2, -0.15) is 8.42 Å². The summed E-state index contributed by atoms with van der Waals surface area (Å²) in [6.07, 6.45) is 0. The van der Waals surface area contributed by atoms with E-state index in [2.05, 4.69) is 76.2 Å². The predicted octanol–water partition coefficient (Wildman–Crippen LogP) is 15.1. The molecule has 8 nitrogen and oxygen atoms in total. The fourth-order valence-electron chi connectivity index (χ4n) is 9.02. The minimum absolute atomic E-state index is 0.0250. The van der Waals surface area contributed by atoms with Crippen LogP contribution in [-0.2, 0) is 20.9 Å². The molecule has 0 amide bonds. The van der Waals surface area contributed by atoms with Crippen molar-refractivity contribution in [3.63, 3.8) is 0 Å². The second-order valence-electron chi connectivity index (χ2n) is 19.6. The minimum atomic E-state index is -4.50. The van der Waals surface area contributed by atoms with Crippen molar-refractivity contribution in [1.29, 1.82) is 0 Å². The fraction of sp³-hybridized carbons (Fsp3) is 0.123. The third kappa shape index (κ3) is 11.0. The molecule has 0 aliphatic rings. The maximum absolute atomic E-state index is 13.7. The van der Waals surface area contributed by atoms with Crippen LogP contribution in [-0.4, -0.2) is 30.3 Å². The number of benzene rings is 9. The van der Waals surface area contributed by atoms with Gasteiger partial charge >= 0.3 is 0 Å². The van der Waals surface area contributed by atoms with Crippen LogP contribution in [0.2, 0.25) is 0 Å². The van der Waals surface area contributed by atoms with Gasteiger partial charge in [0.25, 0.3) is 10.1 Å². The van der Waals surface area contributed by atoms with Crippen molar-refractivity contribution in [3.05, 3.63) is 279 Å². The zero-order valence-electron chi connectivity index (χ0n) is 41.9.